The van der Waals surface area contributed by atoms with Gasteiger partial charge in [-0.1, -0.05) is 54.6 Å². The molecule has 1 aliphatic rings. The molecule has 0 fully saturated rings. The van der Waals surface area contributed by atoms with Crippen molar-refractivity contribution >= 4 is 23.7 Å². The van der Waals surface area contributed by atoms with E-state index in [9.17, 15) is 19.5 Å². The Labute approximate surface area is 204 Å². The topological polar surface area (TPSA) is 105 Å². The number of amides is 2. The first-order valence-electron chi connectivity index (χ1n) is 11.4. The molecule has 2 amide bonds. The molecule has 0 saturated carbocycles. The van der Waals surface area contributed by atoms with Gasteiger partial charge < -0.3 is 20.5 Å². The van der Waals surface area contributed by atoms with Gasteiger partial charge in [-0.15, -0.1) is 0 Å². The lowest BCUT2D eigenvalue weighted by atomic mass is 9.92. The number of hydrogen-bond acceptors (Lipinski definition) is 4. The molecule has 0 unspecified atom stereocenters. The summed E-state index contributed by atoms with van der Waals surface area (Å²) >= 11 is 0. The third kappa shape index (κ3) is 5.04. The second-order valence-electron chi connectivity index (χ2n) is 9.35. The molecule has 3 N–H and O–H groups in total. The van der Waals surface area contributed by atoms with Gasteiger partial charge in [-0.25, -0.2) is 9.59 Å². The third-order valence-corrected chi connectivity index (χ3v) is 6.37. The number of carbonyl (C=O) groups is 3. The molecule has 0 bridgehead atoms. The fourth-order valence-electron chi connectivity index (χ4n) is 4.20. The highest BCUT2D eigenvalue weighted by Crippen LogP contribution is 2.44. The molecule has 0 aromatic heterocycles. The maximum Gasteiger partial charge on any atom is 0.407 e. The highest BCUT2D eigenvalue weighted by molar-refractivity contribution is 5.97. The molecular weight excluding hydrogens is 444 g/mol. The fourth-order valence-corrected chi connectivity index (χ4v) is 4.20. The van der Waals surface area contributed by atoms with E-state index in [0.717, 1.165) is 27.8 Å². The van der Waals surface area contributed by atoms with Crippen molar-refractivity contribution in [3.63, 3.8) is 0 Å². The molecule has 0 saturated heterocycles. The van der Waals surface area contributed by atoms with Crippen LogP contribution in [0.1, 0.15) is 46.8 Å². The number of hydrogen-bond donors (Lipinski definition) is 3. The first-order chi connectivity index (χ1) is 16.7. The van der Waals surface area contributed by atoms with E-state index in [1.807, 2.05) is 24.3 Å². The zero-order valence-corrected chi connectivity index (χ0v) is 19.9. The number of anilines is 1. The summed E-state index contributed by atoms with van der Waals surface area (Å²) in [6, 6.07) is 20.7. The SMILES string of the molecule is Cc1ccc(C(=O)O)cc1NC(=O)C(C)(C)CNC(=O)OCC1c2ccccc2-c2ccccc21. The number of nitrogens with one attached hydrogen (secondary N) is 2. The molecule has 0 heterocycles. The zero-order valence-electron chi connectivity index (χ0n) is 19.9. The average molecular weight is 473 g/mol. The van der Waals surface area contributed by atoms with Gasteiger partial charge in [0.2, 0.25) is 5.91 Å². The Bertz CT molecular complexity index is 1250. The minimum atomic E-state index is -1.07. The number of rotatable bonds is 7. The van der Waals surface area contributed by atoms with E-state index in [1.165, 1.54) is 12.1 Å². The van der Waals surface area contributed by atoms with Crippen LogP contribution in [0.5, 0.6) is 0 Å². The summed E-state index contributed by atoms with van der Waals surface area (Å²) in [4.78, 5) is 36.6. The van der Waals surface area contributed by atoms with Crippen LogP contribution in [0.3, 0.4) is 0 Å². The monoisotopic (exact) mass is 472 g/mol. The van der Waals surface area contributed by atoms with E-state index < -0.39 is 17.5 Å². The van der Waals surface area contributed by atoms with Crippen LogP contribution in [0.25, 0.3) is 11.1 Å². The normalized spacial score (nSPS) is 12.4. The summed E-state index contributed by atoms with van der Waals surface area (Å²) in [6.45, 7) is 5.41. The largest absolute Gasteiger partial charge is 0.478 e. The summed E-state index contributed by atoms with van der Waals surface area (Å²) in [5.41, 5.74) is 4.83. The quantitative estimate of drug-likeness (QED) is 0.439. The van der Waals surface area contributed by atoms with E-state index in [2.05, 4.69) is 34.9 Å². The van der Waals surface area contributed by atoms with Crippen LogP contribution in [-0.2, 0) is 9.53 Å². The number of carbonyl (C=O) groups excluding carboxylic acids is 2. The highest BCUT2D eigenvalue weighted by Gasteiger charge is 2.31. The summed E-state index contributed by atoms with van der Waals surface area (Å²) in [5, 5.41) is 14.7. The van der Waals surface area contributed by atoms with Crippen molar-refractivity contribution in [2.45, 2.75) is 26.7 Å². The summed E-state index contributed by atoms with van der Waals surface area (Å²) in [5.74, 6) is -1.47. The highest BCUT2D eigenvalue weighted by atomic mass is 16.5. The molecule has 1 aliphatic carbocycles. The first-order valence-corrected chi connectivity index (χ1v) is 11.4. The predicted molar refractivity (Wildman–Crippen MR) is 134 cm³/mol. The van der Waals surface area contributed by atoms with Crippen molar-refractivity contribution in [1.29, 1.82) is 0 Å². The van der Waals surface area contributed by atoms with E-state index in [4.69, 9.17) is 4.74 Å². The molecule has 0 radical (unpaired) electrons. The number of alkyl carbamates (subject to hydrolysis) is 1. The lowest BCUT2D eigenvalue weighted by Gasteiger charge is -2.24. The van der Waals surface area contributed by atoms with E-state index in [0.29, 0.717) is 5.69 Å². The standard InChI is InChI=1S/C28H28N2O5/c1-17-12-13-18(25(31)32)14-24(17)30-26(33)28(2,3)16-29-27(34)35-15-23-21-10-6-4-8-19(21)20-9-5-7-11-22(20)23/h4-14,23H,15-16H2,1-3H3,(H,29,34)(H,30,33)(H,31,32). The summed E-state index contributed by atoms with van der Waals surface area (Å²) < 4.78 is 5.55. The molecule has 4 rings (SSSR count). The maximum atomic E-state index is 12.9. The fraction of sp³-hybridized carbons (Fsp3) is 0.250. The molecule has 35 heavy (non-hydrogen) atoms. The Hall–Kier alpha value is -4.13. The predicted octanol–water partition coefficient (Wildman–Crippen LogP) is 5.20. The van der Waals surface area contributed by atoms with Gasteiger partial charge in [0.15, 0.2) is 0 Å². The van der Waals surface area contributed by atoms with Crippen LogP contribution in [0.15, 0.2) is 66.7 Å². The molecule has 7 nitrogen and oxygen atoms in total. The number of carboxylic acids is 1. The Kier molecular flexibility index (Phi) is 6.60. The van der Waals surface area contributed by atoms with Crippen LogP contribution in [0.2, 0.25) is 0 Å². The van der Waals surface area contributed by atoms with E-state index in [1.54, 1.807) is 26.8 Å². The van der Waals surface area contributed by atoms with Crippen molar-refractivity contribution in [2.75, 3.05) is 18.5 Å². The summed E-state index contributed by atoms with van der Waals surface area (Å²) in [7, 11) is 0. The van der Waals surface area contributed by atoms with Crippen molar-refractivity contribution in [1.82, 2.24) is 5.32 Å². The van der Waals surface area contributed by atoms with Gasteiger partial charge in [-0.2, -0.15) is 0 Å². The molecule has 0 aliphatic heterocycles. The molecular formula is C28H28N2O5. The van der Waals surface area contributed by atoms with Crippen LogP contribution in [0, 0.1) is 12.3 Å². The van der Waals surface area contributed by atoms with Gasteiger partial charge in [0, 0.05) is 18.2 Å². The van der Waals surface area contributed by atoms with Gasteiger partial charge in [0.05, 0.1) is 11.0 Å². The Morgan fingerprint density at radius 3 is 2.14 bits per heavy atom. The van der Waals surface area contributed by atoms with Crippen LogP contribution >= 0.6 is 0 Å². The number of aryl methyl sites for hydroxylation is 1. The number of benzene rings is 3. The second-order valence-corrected chi connectivity index (χ2v) is 9.35. The Balaban J connectivity index is 1.35. The number of ether oxygens (including phenoxy) is 1. The smallest absolute Gasteiger partial charge is 0.407 e. The second kappa shape index (κ2) is 9.62. The zero-order chi connectivity index (χ0) is 25.2. The Morgan fingerprint density at radius 2 is 1.54 bits per heavy atom. The van der Waals surface area contributed by atoms with Gasteiger partial charge in [0.25, 0.3) is 0 Å². The molecule has 0 atom stereocenters. The van der Waals surface area contributed by atoms with Crippen LogP contribution in [0.4, 0.5) is 10.5 Å². The lowest BCUT2D eigenvalue weighted by Crippen LogP contribution is -2.42. The Morgan fingerprint density at radius 1 is 0.943 bits per heavy atom. The van der Waals surface area contributed by atoms with Gasteiger partial charge in [0.1, 0.15) is 6.61 Å². The number of carboxylic acid groups (broad SMARTS) is 1. The molecule has 7 heteroatoms. The van der Waals surface area contributed by atoms with Crippen molar-refractivity contribution in [3.8, 4) is 11.1 Å². The minimum Gasteiger partial charge on any atom is -0.478 e. The lowest BCUT2D eigenvalue weighted by molar-refractivity contribution is -0.123. The first kappa shape index (κ1) is 24.0. The molecule has 3 aromatic carbocycles. The maximum absolute atomic E-state index is 12.9. The van der Waals surface area contributed by atoms with Gasteiger partial charge in [-0.3, -0.25) is 4.79 Å². The van der Waals surface area contributed by atoms with Crippen LogP contribution < -0.4 is 10.6 Å². The van der Waals surface area contributed by atoms with Crippen molar-refractivity contribution in [2.24, 2.45) is 5.41 Å². The molecule has 0 spiro atoms. The van der Waals surface area contributed by atoms with E-state index >= 15 is 0 Å². The average Bonchev–Trinajstić information content (AvgIpc) is 3.16. The number of fused-ring (bicyclic) bond motifs is 3. The minimum absolute atomic E-state index is 0.0473. The molecule has 3 aromatic rings. The van der Waals surface area contributed by atoms with E-state index in [-0.39, 0.29) is 30.5 Å². The van der Waals surface area contributed by atoms with Crippen molar-refractivity contribution in [3.05, 3.63) is 89.0 Å². The van der Waals surface area contributed by atoms with Gasteiger partial charge >= 0.3 is 12.1 Å². The third-order valence-electron chi connectivity index (χ3n) is 6.37. The van der Waals surface area contributed by atoms with Crippen molar-refractivity contribution < 1.29 is 24.2 Å². The molecule has 180 valence electrons. The number of aromatic carboxylic acids is 1. The summed E-state index contributed by atoms with van der Waals surface area (Å²) in [6.07, 6.45) is -0.600. The van der Waals surface area contributed by atoms with Crippen LogP contribution in [-0.4, -0.2) is 36.2 Å². The van der Waals surface area contributed by atoms with Gasteiger partial charge in [-0.05, 0) is 60.7 Å².